The number of carbonyl (C=O) groups excluding carboxylic acids is 1. The Morgan fingerprint density at radius 1 is 1.54 bits per heavy atom. The zero-order valence-corrected chi connectivity index (χ0v) is 8.26. The summed E-state index contributed by atoms with van der Waals surface area (Å²) in [6.07, 6.45) is -1.88. The first-order valence-corrected chi connectivity index (χ1v) is 4.23. The average Bonchev–Trinajstić information content (AvgIpc) is 2.08. The summed E-state index contributed by atoms with van der Waals surface area (Å²) in [4.78, 5) is 13.6. The van der Waals surface area contributed by atoms with Crippen LogP contribution in [0.4, 0.5) is 13.2 Å². The summed E-state index contributed by atoms with van der Waals surface area (Å²) < 4.78 is 37.4. The first-order chi connectivity index (χ1) is 6.07. The highest BCUT2D eigenvalue weighted by Gasteiger charge is 2.21. The Labute approximate surface area is 85.3 Å². The lowest BCUT2D eigenvalue weighted by Gasteiger charge is -2.04. The van der Waals surface area contributed by atoms with Gasteiger partial charge >= 0.3 is 0 Å². The van der Waals surface area contributed by atoms with E-state index in [0.29, 0.717) is 0 Å². The highest BCUT2D eigenvalue weighted by Crippen LogP contribution is 2.26. The second-order valence-corrected chi connectivity index (χ2v) is 3.30. The molecule has 1 rings (SSSR count). The molecule has 1 aromatic heterocycles. The first-order valence-electron chi connectivity index (χ1n) is 3.15. The van der Waals surface area contributed by atoms with Crippen molar-refractivity contribution >= 4 is 28.9 Å². The highest BCUT2D eigenvalue weighted by molar-refractivity contribution is 14.1. The van der Waals surface area contributed by atoms with Gasteiger partial charge < -0.3 is 0 Å². The van der Waals surface area contributed by atoms with Gasteiger partial charge in [0.2, 0.25) is 0 Å². The second-order valence-electron chi connectivity index (χ2n) is 2.14. The van der Waals surface area contributed by atoms with Gasteiger partial charge in [-0.25, -0.2) is 13.2 Å². The minimum absolute atomic E-state index is 0.0292. The number of halogens is 4. The van der Waals surface area contributed by atoms with Crippen molar-refractivity contribution in [3.8, 4) is 0 Å². The maximum atomic E-state index is 13.0. The van der Waals surface area contributed by atoms with Crippen molar-refractivity contribution in [2.45, 2.75) is 6.43 Å². The Bertz CT molecular complexity index is 343. The summed E-state index contributed by atoms with van der Waals surface area (Å²) in [5.41, 5.74) is -1.48. The van der Waals surface area contributed by atoms with Crippen LogP contribution in [-0.4, -0.2) is 11.3 Å². The van der Waals surface area contributed by atoms with Gasteiger partial charge in [0.05, 0.1) is 9.13 Å². The number of nitrogens with zero attached hydrogens (tertiary/aromatic N) is 1. The predicted molar refractivity (Wildman–Crippen MR) is 47.3 cm³/mol. The van der Waals surface area contributed by atoms with Gasteiger partial charge in [-0.15, -0.1) is 0 Å². The number of hydrogen-bond donors (Lipinski definition) is 0. The van der Waals surface area contributed by atoms with Crippen molar-refractivity contribution in [1.29, 1.82) is 0 Å². The number of carbonyl (C=O) groups is 1. The average molecular weight is 301 g/mol. The molecule has 0 fully saturated rings. The molecular weight excluding hydrogens is 298 g/mol. The molecule has 0 aromatic carbocycles. The Morgan fingerprint density at radius 2 is 2.15 bits per heavy atom. The van der Waals surface area contributed by atoms with Crippen LogP contribution in [0.15, 0.2) is 6.20 Å². The first kappa shape index (κ1) is 10.4. The van der Waals surface area contributed by atoms with Crippen LogP contribution in [0.5, 0.6) is 0 Å². The molecule has 0 radical (unpaired) electrons. The number of aromatic nitrogens is 1. The van der Waals surface area contributed by atoms with Crippen LogP contribution < -0.4 is 0 Å². The lowest BCUT2D eigenvalue weighted by Crippen LogP contribution is -2.03. The smallest absolute Gasteiger partial charge is 0.268 e. The molecule has 0 unspecified atom stereocenters. The zero-order chi connectivity index (χ0) is 10.0. The molecule has 6 heteroatoms. The fourth-order valence-corrected chi connectivity index (χ4v) is 1.22. The summed E-state index contributed by atoms with van der Waals surface area (Å²) in [6.45, 7) is 0. The van der Waals surface area contributed by atoms with Crippen molar-refractivity contribution in [3.63, 3.8) is 0 Å². The van der Waals surface area contributed by atoms with E-state index in [2.05, 4.69) is 4.98 Å². The van der Waals surface area contributed by atoms with Crippen molar-refractivity contribution < 1.29 is 18.0 Å². The van der Waals surface area contributed by atoms with Crippen LogP contribution in [0.1, 0.15) is 22.5 Å². The van der Waals surface area contributed by atoms with Crippen LogP contribution in [0.2, 0.25) is 0 Å². The third kappa shape index (κ3) is 1.98. The lowest BCUT2D eigenvalue weighted by molar-refractivity contribution is 0.109. The van der Waals surface area contributed by atoms with Gasteiger partial charge in [0.15, 0.2) is 6.29 Å². The summed E-state index contributed by atoms with van der Waals surface area (Å²) in [5.74, 6) is -1.08. The molecule has 0 aliphatic rings. The van der Waals surface area contributed by atoms with Gasteiger partial charge in [-0.3, -0.25) is 9.78 Å². The number of aldehydes is 1. The molecule has 0 N–H and O–H groups in total. The predicted octanol–water partition coefficient (Wildman–Crippen LogP) is 2.58. The molecule has 0 atom stereocenters. The van der Waals surface area contributed by atoms with Gasteiger partial charge in [0, 0.05) is 6.20 Å². The van der Waals surface area contributed by atoms with E-state index in [1.807, 2.05) is 0 Å². The van der Waals surface area contributed by atoms with Gasteiger partial charge in [-0.05, 0) is 22.6 Å². The van der Waals surface area contributed by atoms with Gasteiger partial charge in [0.25, 0.3) is 6.43 Å². The third-order valence-corrected chi connectivity index (χ3v) is 2.12. The molecule has 1 aromatic rings. The minimum atomic E-state index is -3.03. The minimum Gasteiger partial charge on any atom is -0.296 e. The van der Waals surface area contributed by atoms with E-state index in [9.17, 15) is 18.0 Å². The lowest BCUT2D eigenvalue weighted by atomic mass is 10.2. The maximum absolute atomic E-state index is 13.0. The quantitative estimate of drug-likeness (QED) is 0.621. The molecule has 0 aliphatic carbocycles. The van der Waals surface area contributed by atoms with Gasteiger partial charge in [0.1, 0.15) is 11.5 Å². The Balaban J connectivity index is 3.41. The molecule has 0 saturated carbocycles. The molecule has 2 nitrogen and oxygen atoms in total. The normalized spacial score (nSPS) is 10.5. The molecule has 70 valence electrons. The maximum Gasteiger partial charge on any atom is 0.268 e. The van der Waals surface area contributed by atoms with E-state index < -0.39 is 23.5 Å². The van der Waals surface area contributed by atoms with Crippen molar-refractivity contribution in [2.24, 2.45) is 0 Å². The van der Waals surface area contributed by atoms with E-state index in [1.54, 1.807) is 0 Å². The van der Waals surface area contributed by atoms with Gasteiger partial charge in [-0.2, -0.15) is 0 Å². The van der Waals surface area contributed by atoms with Crippen LogP contribution in [0, 0.1) is 9.39 Å². The Hall–Kier alpha value is -0.660. The zero-order valence-electron chi connectivity index (χ0n) is 6.10. The topological polar surface area (TPSA) is 30.0 Å². The second kappa shape index (κ2) is 4.03. The van der Waals surface area contributed by atoms with Gasteiger partial charge in [-0.1, -0.05) is 0 Å². The van der Waals surface area contributed by atoms with E-state index >= 15 is 0 Å². The molecule has 13 heavy (non-hydrogen) atoms. The molecule has 0 saturated heterocycles. The van der Waals surface area contributed by atoms with E-state index in [-0.39, 0.29) is 9.86 Å². The number of alkyl halides is 2. The molecule has 1 heterocycles. The fourth-order valence-electron chi connectivity index (χ4n) is 0.795. The van der Waals surface area contributed by atoms with Crippen LogP contribution in [0.25, 0.3) is 0 Å². The summed E-state index contributed by atoms with van der Waals surface area (Å²) in [7, 11) is 0. The fraction of sp³-hybridized carbons (Fsp3) is 0.143. The summed E-state index contributed by atoms with van der Waals surface area (Å²) in [5, 5.41) is 0. The van der Waals surface area contributed by atoms with Crippen molar-refractivity contribution in [3.05, 3.63) is 26.8 Å². The summed E-state index contributed by atoms with van der Waals surface area (Å²) in [6, 6.07) is 0. The Morgan fingerprint density at radius 3 is 2.62 bits per heavy atom. The highest BCUT2D eigenvalue weighted by atomic mass is 127. The monoisotopic (exact) mass is 301 g/mol. The molecule has 0 aliphatic heterocycles. The standard InChI is InChI=1S/C7H3F3INO/c8-6-3(11)1-12-4(2-13)5(6)7(9)10/h1-2,7H. The molecular formula is C7H3F3INO. The van der Waals surface area contributed by atoms with Crippen molar-refractivity contribution in [1.82, 2.24) is 4.98 Å². The molecule has 0 spiro atoms. The van der Waals surface area contributed by atoms with E-state index in [4.69, 9.17) is 0 Å². The largest absolute Gasteiger partial charge is 0.296 e. The number of hydrogen-bond acceptors (Lipinski definition) is 2. The van der Waals surface area contributed by atoms with Crippen LogP contribution in [0.3, 0.4) is 0 Å². The van der Waals surface area contributed by atoms with E-state index in [0.717, 1.165) is 6.20 Å². The van der Waals surface area contributed by atoms with E-state index in [1.165, 1.54) is 22.6 Å². The molecule has 0 amide bonds. The number of pyridine rings is 1. The third-order valence-electron chi connectivity index (χ3n) is 1.37. The Kier molecular flexibility index (Phi) is 3.23. The van der Waals surface area contributed by atoms with Crippen LogP contribution >= 0.6 is 22.6 Å². The van der Waals surface area contributed by atoms with Crippen molar-refractivity contribution in [2.75, 3.05) is 0 Å². The number of rotatable bonds is 2. The SMILES string of the molecule is O=Cc1ncc(I)c(F)c1C(F)F. The van der Waals surface area contributed by atoms with Crippen LogP contribution in [-0.2, 0) is 0 Å². The molecule has 0 bridgehead atoms. The summed E-state index contributed by atoms with van der Waals surface area (Å²) >= 11 is 1.53.